The number of carbonyl (C=O) groups excluding carboxylic acids is 1. The van der Waals surface area contributed by atoms with Gasteiger partial charge in [-0.2, -0.15) is 11.8 Å². The van der Waals surface area contributed by atoms with Crippen LogP contribution in [-0.4, -0.2) is 52.3 Å². The summed E-state index contributed by atoms with van der Waals surface area (Å²) in [4.78, 5) is 23.7. The van der Waals surface area contributed by atoms with Gasteiger partial charge in [-0.15, -0.1) is 0 Å². The van der Waals surface area contributed by atoms with Gasteiger partial charge in [0.2, 0.25) is 0 Å². The third-order valence-corrected chi connectivity index (χ3v) is 4.32. The second-order valence-electron chi connectivity index (χ2n) is 4.07. The van der Waals surface area contributed by atoms with E-state index >= 15 is 0 Å². The van der Waals surface area contributed by atoms with E-state index in [-0.39, 0.29) is 6.61 Å². The lowest BCUT2D eigenvalue weighted by atomic mass is 10.1. The van der Waals surface area contributed by atoms with Gasteiger partial charge in [0.25, 0.3) is 0 Å². The third-order valence-electron chi connectivity index (χ3n) is 2.93. The van der Waals surface area contributed by atoms with Crippen LogP contribution in [0.15, 0.2) is 0 Å². The monoisotopic (exact) mass is 245 g/mol. The van der Waals surface area contributed by atoms with E-state index in [2.05, 4.69) is 0 Å². The van der Waals surface area contributed by atoms with Crippen molar-refractivity contribution in [2.24, 2.45) is 0 Å². The van der Waals surface area contributed by atoms with Crippen molar-refractivity contribution in [2.75, 3.05) is 18.9 Å². The summed E-state index contributed by atoms with van der Waals surface area (Å²) in [6.45, 7) is 0.478. The van der Waals surface area contributed by atoms with Gasteiger partial charge in [-0.3, -0.25) is 4.90 Å². The van der Waals surface area contributed by atoms with Crippen LogP contribution in [0.1, 0.15) is 19.3 Å². The van der Waals surface area contributed by atoms with Crippen molar-refractivity contribution in [3.8, 4) is 0 Å². The standard InChI is InChI=1S/C10H15NO4S/c12-9(13)8-6-15-10(14)11(8)5-7-3-1-2-4-16-7/h7-8H,1-6H2,(H,12,13). The Balaban J connectivity index is 1.95. The van der Waals surface area contributed by atoms with Gasteiger partial charge < -0.3 is 9.84 Å². The number of ether oxygens (including phenoxy) is 1. The summed E-state index contributed by atoms with van der Waals surface area (Å²) in [5, 5.41) is 9.31. The Morgan fingerprint density at radius 3 is 3.00 bits per heavy atom. The molecule has 6 heteroatoms. The lowest BCUT2D eigenvalue weighted by Gasteiger charge is -2.26. The predicted octanol–water partition coefficient (Wildman–Crippen LogP) is 1.18. The second kappa shape index (κ2) is 4.95. The number of cyclic esters (lactones) is 1. The van der Waals surface area contributed by atoms with Crippen molar-refractivity contribution in [3.05, 3.63) is 0 Å². The molecular weight excluding hydrogens is 230 g/mol. The predicted molar refractivity (Wildman–Crippen MR) is 59.6 cm³/mol. The Morgan fingerprint density at radius 1 is 1.56 bits per heavy atom. The molecule has 2 aliphatic rings. The highest BCUT2D eigenvalue weighted by Gasteiger charge is 2.39. The fourth-order valence-corrected chi connectivity index (χ4v) is 3.33. The summed E-state index contributed by atoms with van der Waals surface area (Å²) in [6.07, 6.45) is 2.95. The SMILES string of the molecule is O=C(O)C1COC(=O)N1CC1CCCCS1. The molecule has 0 aromatic rings. The summed E-state index contributed by atoms with van der Waals surface area (Å²) in [5.74, 6) is 0.123. The van der Waals surface area contributed by atoms with E-state index in [4.69, 9.17) is 9.84 Å². The Labute approximate surface area is 98.1 Å². The molecule has 0 aromatic heterocycles. The molecule has 0 aromatic carbocycles. The maximum absolute atomic E-state index is 11.4. The number of carboxylic acid groups (broad SMARTS) is 1. The molecule has 2 unspecified atom stereocenters. The highest BCUT2D eigenvalue weighted by atomic mass is 32.2. The number of carboxylic acids is 1. The first-order valence-corrected chi connectivity index (χ1v) is 6.51. The highest BCUT2D eigenvalue weighted by molar-refractivity contribution is 7.99. The van der Waals surface area contributed by atoms with Gasteiger partial charge in [0.1, 0.15) is 6.61 Å². The largest absolute Gasteiger partial charge is 0.480 e. The van der Waals surface area contributed by atoms with Crippen LogP contribution in [0, 0.1) is 0 Å². The first kappa shape index (κ1) is 11.6. The Hall–Kier alpha value is -0.910. The Bertz CT molecular complexity index is 291. The molecule has 1 N–H and O–H groups in total. The number of nitrogens with zero attached hydrogens (tertiary/aromatic N) is 1. The van der Waals surface area contributed by atoms with E-state index in [1.54, 1.807) is 0 Å². The molecule has 0 spiro atoms. The van der Waals surface area contributed by atoms with Crippen LogP contribution < -0.4 is 0 Å². The lowest BCUT2D eigenvalue weighted by molar-refractivity contribution is -0.141. The number of rotatable bonds is 3. The zero-order valence-corrected chi connectivity index (χ0v) is 9.74. The summed E-state index contributed by atoms with van der Waals surface area (Å²) < 4.78 is 4.78. The van der Waals surface area contributed by atoms with Gasteiger partial charge in [0, 0.05) is 11.8 Å². The van der Waals surface area contributed by atoms with Crippen molar-refractivity contribution < 1.29 is 19.4 Å². The maximum atomic E-state index is 11.4. The molecular formula is C10H15NO4S. The number of amides is 1. The van der Waals surface area contributed by atoms with Crippen LogP contribution >= 0.6 is 11.8 Å². The molecule has 2 aliphatic heterocycles. The van der Waals surface area contributed by atoms with Crippen LogP contribution in [0.3, 0.4) is 0 Å². The average molecular weight is 245 g/mol. The molecule has 0 saturated carbocycles. The first-order chi connectivity index (χ1) is 7.68. The van der Waals surface area contributed by atoms with Gasteiger partial charge in [0.05, 0.1) is 0 Å². The third kappa shape index (κ3) is 2.42. The molecule has 5 nitrogen and oxygen atoms in total. The number of thioether (sulfide) groups is 1. The van der Waals surface area contributed by atoms with Gasteiger partial charge in [-0.1, -0.05) is 6.42 Å². The Kier molecular flexibility index (Phi) is 3.58. The number of hydrogen-bond acceptors (Lipinski definition) is 4. The van der Waals surface area contributed by atoms with Gasteiger partial charge in [0.15, 0.2) is 6.04 Å². The highest BCUT2D eigenvalue weighted by Crippen LogP contribution is 2.27. The van der Waals surface area contributed by atoms with Crippen LogP contribution in [0.2, 0.25) is 0 Å². The van der Waals surface area contributed by atoms with Crippen LogP contribution in [0.4, 0.5) is 4.79 Å². The summed E-state index contributed by atoms with van der Waals surface area (Å²) in [5.41, 5.74) is 0. The van der Waals surface area contributed by atoms with Crippen molar-refractivity contribution >= 4 is 23.8 Å². The molecule has 2 saturated heterocycles. The van der Waals surface area contributed by atoms with Crippen molar-refractivity contribution in [2.45, 2.75) is 30.6 Å². The molecule has 16 heavy (non-hydrogen) atoms. The normalized spacial score (nSPS) is 30.2. The van der Waals surface area contributed by atoms with Gasteiger partial charge >= 0.3 is 12.1 Å². The number of hydrogen-bond donors (Lipinski definition) is 1. The van der Waals surface area contributed by atoms with Crippen LogP contribution in [-0.2, 0) is 9.53 Å². The van der Waals surface area contributed by atoms with E-state index in [1.165, 1.54) is 11.3 Å². The van der Waals surface area contributed by atoms with Gasteiger partial charge in [-0.25, -0.2) is 9.59 Å². The molecule has 2 fully saturated rings. The molecule has 2 rings (SSSR count). The van der Waals surface area contributed by atoms with E-state index in [0.29, 0.717) is 11.8 Å². The Morgan fingerprint density at radius 2 is 2.38 bits per heavy atom. The average Bonchev–Trinajstić information content (AvgIpc) is 2.62. The van der Waals surface area contributed by atoms with Crippen molar-refractivity contribution in [1.82, 2.24) is 4.90 Å². The molecule has 0 bridgehead atoms. The second-order valence-corrected chi connectivity index (χ2v) is 5.48. The van der Waals surface area contributed by atoms with E-state index in [1.807, 2.05) is 11.8 Å². The molecule has 0 aliphatic carbocycles. The van der Waals surface area contributed by atoms with E-state index < -0.39 is 18.1 Å². The first-order valence-electron chi connectivity index (χ1n) is 5.46. The smallest absolute Gasteiger partial charge is 0.410 e. The fraction of sp³-hybridized carbons (Fsp3) is 0.800. The summed E-state index contributed by atoms with van der Waals surface area (Å²) in [6, 6.07) is -0.796. The quantitative estimate of drug-likeness (QED) is 0.808. The maximum Gasteiger partial charge on any atom is 0.410 e. The minimum atomic E-state index is -0.980. The van der Waals surface area contributed by atoms with E-state index in [0.717, 1.165) is 18.6 Å². The zero-order chi connectivity index (χ0) is 11.5. The molecule has 2 heterocycles. The van der Waals surface area contributed by atoms with Crippen molar-refractivity contribution in [1.29, 1.82) is 0 Å². The minimum absolute atomic E-state index is 0.0223. The van der Waals surface area contributed by atoms with E-state index in [9.17, 15) is 9.59 Å². The molecule has 2 atom stereocenters. The van der Waals surface area contributed by atoms with Crippen LogP contribution in [0.5, 0.6) is 0 Å². The van der Waals surface area contributed by atoms with Gasteiger partial charge in [-0.05, 0) is 18.6 Å². The summed E-state index contributed by atoms with van der Waals surface area (Å²) >= 11 is 1.82. The topological polar surface area (TPSA) is 66.8 Å². The number of carbonyl (C=O) groups is 2. The fourth-order valence-electron chi connectivity index (χ4n) is 2.03. The zero-order valence-electron chi connectivity index (χ0n) is 8.92. The number of aliphatic carboxylic acids is 1. The lowest BCUT2D eigenvalue weighted by Crippen LogP contribution is -2.43. The minimum Gasteiger partial charge on any atom is -0.480 e. The summed E-state index contributed by atoms with van der Waals surface area (Å²) in [7, 11) is 0. The molecule has 0 radical (unpaired) electrons. The van der Waals surface area contributed by atoms with Crippen LogP contribution in [0.25, 0.3) is 0 Å². The molecule has 90 valence electrons. The van der Waals surface area contributed by atoms with Crippen molar-refractivity contribution in [3.63, 3.8) is 0 Å². The molecule has 1 amide bonds.